The number of hydrogen-bond acceptors (Lipinski definition) is 3. The van der Waals surface area contributed by atoms with Gasteiger partial charge < -0.3 is 14.1 Å². The molecular weight excluding hydrogens is 278 g/mol. The molecule has 0 fully saturated rings. The number of carbonyl (C=O) groups excluding carboxylic acids is 1. The third-order valence-electron chi connectivity index (χ3n) is 3.74. The van der Waals surface area contributed by atoms with E-state index in [0.717, 1.165) is 22.8 Å². The van der Waals surface area contributed by atoms with Gasteiger partial charge in [0.15, 0.2) is 0 Å². The topological polar surface area (TPSA) is 42.7 Å². The summed E-state index contributed by atoms with van der Waals surface area (Å²) in [5.41, 5.74) is 2.31. The maximum Gasteiger partial charge on any atom is 0.226 e. The first-order valence-electron chi connectivity index (χ1n) is 7.45. The van der Waals surface area contributed by atoms with Gasteiger partial charge in [0.1, 0.15) is 17.3 Å². The fourth-order valence-electron chi connectivity index (χ4n) is 2.21. The summed E-state index contributed by atoms with van der Waals surface area (Å²) in [6.07, 6.45) is 0.351. The van der Waals surface area contributed by atoms with Crippen molar-refractivity contribution in [1.82, 2.24) is 4.90 Å². The van der Waals surface area contributed by atoms with Crippen LogP contribution in [0.5, 0.6) is 5.75 Å². The number of ether oxygens (including phenoxy) is 1. The lowest BCUT2D eigenvalue weighted by Crippen LogP contribution is -2.27. The summed E-state index contributed by atoms with van der Waals surface area (Å²) in [6, 6.07) is 9.74. The summed E-state index contributed by atoms with van der Waals surface area (Å²) < 4.78 is 11.2. The van der Waals surface area contributed by atoms with Gasteiger partial charge in [-0.15, -0.1) is 0 Å². The minimum Gasteiger partial charge on any atom is -0.493 e. The molecule has 1 heterocycles. The monoisotopic (exact) mass is 301 g/mol. The molecule has 0 aliphatic heterocycles. The molecule has 0 aliphatic carbocycles. The van der Waals surface area contributed by atoms with Crippen LogP contribution in [-0.4, -0.2) is 24.5 Å². The molecule has 1 aromatic carbocycles. The zero-order chi connectivity index (χ0) is 16.1. The molecule has 4 nitrogen and oxygen atoms in total. The summed E-state index contributed by atoms with van der Waals surface area (Å²) in [5.74, 6) is 2.54. The van der Waals surface area contributed by atoms with Crippen molar-refractivity contribution >= 4 is 5.91 Å². The highest BCUT2D eigenvalue weighted by atomic mass is 16.5. The first kappa shape index (κ1) is 16.1. The van der Waals surface area contributed by atoms with Crippen molar-refractivity contribution in [1.29, 1.82) is 0 Å². The molecule has 118 valence electrons. The van der Waals surface area contributed by atoms with Gasteiger partial charge in [0, 0.05) is 7.05 Å². The van der Waals surface area contributed by atoms with E-state index in [-0.39, 0.29) is 5.91 Å². The van der Waals surface area contributed by atoms with E-state index in [0.29, 0.717) is 19.6 Å². The van der Waals surface area contributed by atoms with Crippen molar-refractivity contribution in [2.45, 2.75) is 33.7 Å². The highest BCUT2D eigenvalue weighted by Gasteiger charge is 2.12. The number of carbonyl (C=O) groups is 1. The van der Waals surface area contributed by atoms with Crippen molar-refractivity contribution in [3.63, 3.8) is 0 Å². The van der Waals surface area contributed by atoms with Crippen LogP contribution in [0.3, 0.4) is 0 Å². The van der Waals surface area contributed by atoms with Crippen LogP contribution in [0.4, 0.5) is 0 Å². The molecule has 0 aliphatic rings. The Hall–Kier alpha value is -2.23. The van der Waals surface area contributed by atoms with Crippen LogP contribution in [0, 0.1) is 20.8 Å². The lowest BCUT2D eigenvalue weighted by Gasteiger charge is -2.16. The molecule has 4 heteroatoms. The smallest absolute Gasteiger partial charge is 0.226 e. The molecule has 1 aromatic heterocycles. The molecule has 0 spiro atoms. The van der Waals surface area contributed by atoms with Crippen molar-refractivity contribution in [2.75, 3.05) is 13.7 Å². The molecule has 0 bridgehead atoms. The first-order valence-corrected chi connectivity index (χ1v) is 7.45. The standard InChI is InChI=1S/C18H23NO3/c1-13-6-5-7-17(15(13)3)21-11-10-18(20)19(4)12-16-9-8-14(2)22-16/h5-9H,10-12H2,1-4H3. The average Bonchev–Trinajstić information content (AvgIpc) is 2.88. The van der Waals surface area contributed by atoms with E-state index in [1.807, 2.05) is 51.1 Å². The SMILES string of the molecule is Cc1ccc(CN(C)C(=O)CCOc2cccc(C)c2C)o1. The number of nitrogens with zero attached hydrogens (tertiary/aromatic N) is 1. The van der Waals surface area contributed by atoms with Crippen LogP contribution >= 0.6 is 0 Å². The van der Waals surface area contributed by atoms with Gasteiger partial charge in [-0.05, 0) is 50.1 Å². The third kappa shape index (κ3) is 4.13. The Kier molecular flexibility index (Phi) is 5.26. The molecular formula is C18H23NO3. The molecule has 0 saturated heterocycles. The van der Waals surface area contributed by atoms with Crippen LogP contribution in [0.1, 0.15) is 29.1 Å². The minimum absolute atomic E-state index is 0.0411. The molecule has 0 unspecified atom stereocenters. The predicted octanol–water partition coefficient (Wildman–Crippen LogP) is 3.63. The molecule has 0 N–H and O–H groups in total. The quantitative estimate of drug-likeness (QED) is 0.818. The number of rotatable bonds is 6. The maximum absolute atomic E-state index is 12.1. The molecule has 22 heavy (non-hydrogen) atoms. The Bertz CT molecular complexity index is 646. The van der Waals surface area contributed by atoms with Gasteiger partial charge in [-0.25, -0.2) is 0 Å². The maximum atomic E-state index is 12.1. The summed E-state index contributed by atoms with van der Waals surface area (Å²) in [4.78, 5) is 13.8. The van der Waals surface area contributed by atoms with Crippen LogP contribution < -0.4 is 4.74 Å². The van der Waals surface area contributed by atoms with Crippen molar-refractivity contribution in [3.05, 3.63) is 53.0 Å². The number of hydrogen-bond donors (Lipinski definition) is 0. The predicted molar refractivity (Wildman–Crippen MR) is 85.9 cm³/mol. The Morgan fingerprint density at radius 2 is 1.95 bits per heavy atom. The van der Waals surface area contributed by atoms with Gasteiger partial charge in [0.2, 0.25) is 5.91 Å². The van der Waals surface area contributed by atoms with Crippen LogP contribution in [0.2, 0.25) is 0 Å². The van der Waals surface area contributed by atoms with Gasteiger partial charge in [-0.2, -0.15) is 0 Å². The molecule has 0 atom stereocenters. The van der Waals surface area contributed by atoms with Crippen molar-refractivity contribution in [3.8, 4) is 5.75 Å². The van der Waals surface area contributed by atoms with Crippen LogP contribution in [0.25, 0.3) is 0 Å². The summed E-state index contributed by atoms with van der Waals surface area (Å²) >= 11 is 0. The molecule has 0 saturated carbocycles. The normalized spacial score (nSPS) is 10.5. The Morgan fingerprint density at radius 1 is 1.18 bits per heavy atom. The van der Waals surface area contributed by atoms with Crippen LogP contribution in [0.15, 0.2) is 34.7 Å². The van der Waals surface area contributed by atoms with E-state index >= 15 is 0 Å². The van der Waals surface area contributed by atoms with Gasteiger partial charge in [0.25, 0.3) is 0 Å². The molecule has 2 aromatic rings. The third-order valence-corrected chi connectivity index (χ3v) is 3.74. The fourth-order valence-corrected chi connectivity index (χ4v) is 2.21. The first-order chi connectivity index (χ1) is 10.5. The van der Waals surface area contributed by atoms with E-state index in [1.165, 1.54) is 5.56 Å². The lowest BCUT2D eigenvalue weighted by atomic mass is 10.1. The second-order valence-electron chi connectivity index (χ2n) is 5.56. The largest absolute Gasteiger partial charge is 0.493 e. The number of amides is 1. The van der Waals surface area contributed by atoms with E-state index in [1.54, 1.807) is 11.9 Å². The summed E-state index contributed by atoms with van der Waals surface area (Å²) in [5, 5.41) is 0. The molecule has 0 radical (unpaired) electrons. The molecule has 1 amide bonds. The summed E-state index contributed by atoms with van der Waals surface area (Å²) in [6.45, 7) is 6.83. The molecule has 2 rings (SSSR count). The highest BCUT2D eigenvalue weighted by Crippen LogP contribution is 2.20. The van der Waals surface area contributed by atoms with Gasteiger partial charge in [-0.3, -0.25) is 4.79 Å². The van der Waals surface area contributed by atoms with E-state index in [4.69, 9.17) is 9.15 Å². The highest BCUT2D eigenvalue weighted by molar-refractivity contribution is 5.75. The Labute approximate surface area is 131 Å². The number of aryl methyl sites for hydroxylation is 2. The van der Waals surface area contributed by atoms with E-state index < -0.39 is 0 Å². The second-order valence-corrected chi connectivity index (χ2v) is 5.56. The minimum atomic E-state index is 0.0411. The zero-order valence-electron chi connectivity index (χ0n) is 13.7. The zero-order valence-corrected chi connectivity index (χ0v) is 13.7. The summed E-state index contributed by atoms with van der Waals surface area (Å²) in [7, 11) is 1.78. The Balaban J connectivity index is 1.81. The van der Waals surface area contributed by atoms with Crippen molar-refractivity contribution < 1.29 is 13.9 Å². The average molecular weight is 301 g/mol. The van der Waals surface area contributed by atoms with Gasteiger partial charge in [0.05, 0.1) is 19.6 Å². The fraction of sp³-hybridized carbons (Fsp3) is 0.389. The number of benzene rings is 1. The number of furan rings is 1. The lowest BCUT2D eigenvalue weighted by molar-refractivity contribution is -0.131. The van der Waals surface area contributed by atoms with Crippen LogP contribution in [-0.2, 0) is 11.3 Å². The Morgan fingerprint density at radius 3 is 2.64 bits per heavy atom. The second kappa shape index (κ2) is 7.16. The van der Waals surface area contributed by atoms with Gasteiger partial charge in [-0.1, -0.05) is 12.1 Å². The van der Waals surface area contributed by atoms with E-state index in [2.05, 4.69) is 0 Å². The van der Waals surface area contributed by atoms with E-state index in [9.17, 15) is 4.79 Å². The van der Waals surface area contributed by atoms with Gasteiger partial charge >= 0.3 is 0 Å². The van der Waals surface area contributed by atoms with Crippen molar-refractivity contribution in [2.24, 2.45) is 0 Å².